The first-order valence-electron chi connectivity index (χ1n) is 7.49. The second kappa shape index (κ2) is 6.43. The Morgan fingerprint density at radius 1 is 1.25 bits per heavy atom. The zero-order valence-electron chi connectivity index (χ0n) is 12.8. The van der Waals surface area contributed by atoms with Gasteiger partial charge in [-0.3, -0.25) is 0 Å². The highest BCUT2D eigenvalue weighted by Gasteiger charge is 2.30. The molecule has 1 aromatic carbocycles. The quantitative estimate of drug-likeness (QED) is 0.434. The normalized spacial score (nSPS) is 14.1. The van der Waals surface area contributed by atoms with Crippen molar-refractivity contribution in [3.05, 3.63) is 46.3 Å². The molecule has 3 aromatic rings. The molecule has 24 heavy (non-hydrogen) atoms. The molecule has 1 saturated carbocycles. The fourth-order valence-electron chi connectivity index (χ4n) is 2.44. The summed E-state index contributed by atoms with van der Waals surface area (Å²) in [6, 6.07) is 6.23. The summed E-state index contributed by atoms with van der Waals surface area (Å²) in [5, 5.41) is 2.26. The van der Waals surface area contributed by atoms with Crippen LogP contribution in [-0.2, 0) is 0 Å². The molecule has 1 aliphatic rings. The maximum absolute atomic E-state index is 13.8. The van der Waals surface area contributed by atoms with Crippen molar-refractivity contribution in [3.8, 4) is 21.8 Å². The van der Waals surface area contributed by atoms with Crippen molar-refractivity contribution in [2.45, 2.75) is 23.9 Å². The number of thioether (sulfide) groups is 1. The van der Waals surface area contributed by atoms with E-state index >= 15 is 0 Å². The van der Waals surface area contributed by atoms with Gasteiger partial charge in [-0.25, -0.2) is 19.3 Å². The zero-order chi connectivity index (χ0) is 16.7. The van der Waals surface area contributed by atoms with Crippen molar-refractivity contribution in [1.82, 2.24) is 15.0 Å². The number of nitrogens with zero attached hydrogens (tertiary/aromatic N) is 3. The van der Waals surface area contributed by atoms with E-state index in [-0.39, 0.29) is 5.82 Å². The van der Waals surface area contributed by atoms with Gasteiger partial charge in [-0.05, 0) is 43.4 Å². The van der Waals surface area contributed by atoms with Gasteiger partial charge in [0.25, 0.3) is 0 Å². The Balaban J connectivity index is 1.90. The second-order valence-electron chi connectivity index (χ2n) is 5.56. The fourth-order valence-corrected chi connectivity index (χ4v) is 4.22. The summed E-state index contributed by atoms with van der Waals surface area (Å²) < 4.78 is 13.8. The second-order valence-corrected chi connectivity index (χ2v) is 7.77. The molecule has 122 valence electrons. The molecule has 2 aromatic heterocycles. The molecule has 3 nitrogen and oxygen atoms in total. The summed E-state index contributed by atoms with van der Waals surface area (Å²) in [5.74, 6) is 0.186. The van der Waals surface area contributed by atoms with Crippen LogP contribution in [0.5, 0.6) is 0 Å². The standard InChI is InChI=1S/C17H13ClFN3S2/c1-23-17-20-7-6-13(21-17)15-14(22-16(24-15)9-2-3-9)11-8-10(19)4-5-12(11)18/h4-9H,2-3H2,1H3. The maximum atomic E-state index is 13.8. The summed E-state index contributed by atoms with van der Waals surface area (Å²) >= 11 is 9.42. The van der Waals surface area contributed by atoms with Gasteiger partial charge in [0.1, 0.15) is 5.82 Å². The third-order valence-electron chi connectivity index (χ3n) is 3.80. The van der Waals surface area contributed by atoms with E-state index in [9.17, 15) is 4.39 Å². The van der Waals surface area contributed by atoms with Crippen LogP contribution in [0, 0.1) is 5.82 Å². The van der Waals surface area contributed by atoms with Gasteiger partial charge in [0, 0.05) is 17.7 Å². The minimum Gasteiger partial charge on any atom is -0.240 e. The Kier molecular flexibility index (Phi) is 4.28. The lowest BCUT2D eigenvalue weighted by molar-refractivity contribution is 0.628. The summed E-state index contributed by atoms with van der Waals surface area (Å²) in [6.07, 6.45) is 5.99. The van der Waals surface area contributed by atoms with Gasteiger partial charge in [0.2, 0.25) is 0 Å². The molecule has 0 atom stereocenters. The predicted molar refractivity (Wildman–Crippen MR) is 97.3 cm³/mol. The lowest BCUT2D eigenvalue weighted by atomic mass is 10.1. The van der Waals surface area contributed by atoms with Crippen molar-refractivity contribution in [2.75, 3.05) is 6.26 Å². The first-order chi connectivity index (χ1) is 11.7. The van der Waals surface area contributed by atoms with Crippen molar-refractivity contribution < 1.29 is 4.39 Å². The van der Waals surface area contributed by atoms with Crippen LogP contribution < -0.4 is 0 Å². The smallest absolute Gasteiger partial charge is 0.187 e. The van der Waals surface area contributed by atoms with Crippen LogP contribution >= 0.6 is 34.7 Å². The van der Waals surface area contributed by atoms with Gasteiger partial charge >= 0.3 is 0 Å². The number of hydrogen-bond acceptors (Lipinski definition) is 5. The highest BCUT2D eigenvalue weighted by molar-refractivity contribution is 7.98. The molecule has 0 amide bonds. The Bertz CT molecular complexity index is 909. The van der Waals surface area contributed by atoms with E-state index < -0.39 is 0 Å². The largest absolute Gasteiger partial charge is 0.240 e. The minimum atomic E-state index is -0.325. The molecule has 0 N–H and O–H groups in total. The first-order valence-corrected chi connectivity index (χ1v) is 9.91. The predicted octanol–water partition coefficient (Wildman–Crippen LogP) is 5.66. The van der Waals surface area contributed by atoms with E-state index in [1.165, 1.54) is 23.9 Å². The average Bonchev–Trinajstić information content (AvgIpc) is 3.36. The van der Waals surface area contributed by atoms with Gasteiger partial charge in [-0.2, -0.15) is 0 Å². The van der Waals surface area contributed by atoms with E-state index in [4.69, 9.17) is 16.6 Å². The molecular weight excluding hydrogens is 365 g/mol. The topological polar surface area (TPSA) is 38.7 Å². The fraction of sp³-hybridized carbons (Fsp3) is 0.235. The van der Waals surface area contributed by atoms with E-state index in [0.29, 0.717) is 27.4 Å². The van der Waals surface area contributed by atoms with E-state index in [0.717, 1.165) is 28.4 Å². The Morgan fingerprint density at radius 2 is 2.08 bits per heavy atom. The summed E-state index contributed by atoms with van der Waals surface area (Å²) in [7, 11) is 0. The third-order valence-corrected chi connectivity index (χ3v) is 5.93. The third kappa shape index (κ3) is 3.06. The molecule has 7 heteroatoms. The van der Waals surface area contributed by atoms with Gasteiger partial charge in [0.05, 0.1) is 26.3 Å². The number of aromatic nitrogens is 3. The van der Waals surface area contributed by atoms with Gasteiger partial charge in [-0.1, -0.05) is 23.4 Å². The average molecular weight is 378 g/mol. The number of hydrogen-bond donors (Lipinski definition) is 0. The van der Waals surface area contributed by atoms with E-state index in [1.807, 2.05) is 12.3 Å². The monoisotopic (exact) mass is 377 g/mol. The molecule has 4 rings (SSSR count). The Morgan fingerprint density at radius 3 is 2.83 bits per heavy atom. The number of rotatable bonds is 4. The summed E-state index contributed by atoms with van der Waals surface area (Å²) in [5.41, 5.74) is 2.12. The molecular formula is C17H13ClFN3S2. The maximum Gasteiger partial charge on any atom is 0.187 e. The molecule has 1 fully saturated rings. The lowest BCUT2D eigenvalue weighted by Crippen LogP contribution is -1.90. The molecule has 0 saturated heterocycles. The molecule has 0 radical (unpaired) electrons. The van der Waals surface area contributed by atoms with Crippen LogP contribution in [0.25, 0.3) is 21.8 Å². The molecule has 2 heterocycles. The molecule has 0 spiro atoms. The first kappa shape index (κ1) is 16.0. The van der Waals surface area contributed by atoms with Crippen LogP contribution in [0.4, 0.5) is 4.39 Å². The van der Waals surface area contributed by atoms with E-state index in [2.05, 4.69) is 9.97 Å². The highest BCUT2D eigenvalue weighted by Crippen LogP contribution is 2.47. The van der Waals surface area contributed by atoms with Gasteiger partial charge < -0.3 is 0 Å². The van der Waals surface area contributed by atoms with Crippen LogP contribution in [0.2, 0.25) is 5.02 Å². The Labute approximate surface area is 152 Å². The number of benzene rings is 1. The summed E-state index contributed by atoms with van der Waals surface area (Å²) in [6.45, 7) is 0. The Hall–Kier alpha value is -1.50. The highest BCUT2D eigenvalue weighted by atomic mass is 35.5. The van der Waals surface area contributed by atoms with Crippen LogP contribution in [-0.4, -0.2) is 21.2 Å². The number of halogens is 2. The van der Waals surface area contributed by atoms with Crippen LogP contribution in [0.1, 0.15) is 23.8 Å². The number of thiazole rings is 1. The van der Waals surface area contributed by atoms with Gasteiger partial charge in [0.15, 0.2) is 5.16 Å². The molecule has 0 bridgehead atoms. The van der Waals surface area contributed by atoms with Crippen molar-refractivity contribution in [1.29, 1.82) is 0 Å². The van der Waals surface area contributed by atoms with E-state index in [1.54, 1.807) is 23.6 Å². The van der Waals surface area contributed by atoms with Crippen molar-refractivity contribution in [3.63, 3.8) is 0 Å². The molecule has 0 aliphatic heterocycles. The summed E-state index contributed by atoms with van der Waals surface area (Å²) in [4.78, 5) is 14.5. The SMILES string of the molecule is CSc1nccc(-c2sc(C3CC3)nc2-c2cc(F)ccc2Cl)n1. The van der Waals surface area contributed by atoms with Crippen molar-refractivity contribution >= 4 is 34.7 Å². The zero-order valence-corrected chi connectivity index (χ0v) is 15.2. The van der Waals surface area contributed by atoms with Gasteiger partial charge in [-0.15, -0.1) is 11.3 Å². The van der Waals surface area contributed by atoms with Crippen LogP contribution in [0.3, 0.4) is 0 Å². The van der Waals surface area contributed by atoms with Crippen LogP contribution in [0.15, 0.2) is 35.6 Å². The minimum absolute atomic E-state index is 0.325. The lowest BCUT2D eigenvalue weighted by Gasteiger charge is -2.05. The molecule has 0 unspecified atom stereocenters. The molecule has 1 aliphatic carbocycles. The van der Waals surface area contributed by atoms with Crippen molar-refractivity contribution in [2.24, 2.45) is 0 Å².